The summed E-state index contributed by atoms with van der Waals surface area (Å²) in [5.74, 6) is 0. The van der Waals surface area contributed by atoms with Crippen LogP contribution in [0.3, 0.4) is 0 Å². The van der Waals surface area contributed by atoms with E-state index in [-0.39, 0.29) is 6.10 Å². The van der Waals surface area contributed by atoms with E-state index in [0.717, 1.165) is 6.42 Å². The lowest BCUT2D eigenvalue weighted by atomic mass is 9.64. The molecular weight excluding hydrogens is 136 g/mol. The molecule has 1 N–H and O–H groups in total. The van der Waals surface area contributed by atoms with Crippen LogP contribution in [0.25, 0.3) is 0 Å². The predicted octanol–water partition coefficient (Wildman–Crippen LogP) is 2.73. The predicted molar refractivity (Wildman–Crippen MR) is 47.5 cm³/mol. The molecule has 1 fully saturated rings. The SMILES string of the molecule is CCC1(CC[C@H](C)O)CCC1. The quantitative estimate of drug-likeness (QED) is 0.663. The molecule has 0 aliphatic heterocycles. The molecule has 0 bridgehead atoms. The smallest absolute Gasteiger partial charge is 0.0512 e. The Morgan fingerprint density at radius 2 is 2.09 bits per heavy atom. The molecule has 1 rings (SSSR count). The van der Waals surface area contributed by atoms with Crippen LogP contribution in [0.15, 0.2) is 0 Å². The molecule has 0 amide bonds. The summed E-state index contributed by atoms with van der Waals surface area (Å²) in [7, 11) is 0. The van der Waals surface area contributed by atoms with Crippen LogP contribution >= 0.6 is 0 Å². The molecular formula is C10H20O. The van der Waals surface area contributed by atoms with E-state index >= 15 is 0 Å². The van der Waals surface area contributed by atoms with Crippen molar-refractivity contribution in [1.29, 1.82) is 0 Å². The topological polar surface area (TPSA) is 20.2 Å². The fraction of sp³-hybridized carbons (Fsp3) is 1.00. The van der Waals surface area contributed by atoms with E-state index in [1.165, 1.54) is 32.1 Å². The van der Waals surface area contributed by atoms with Gasteiger partial charge in [-0.3, -0.25) is 0 Å². The van der Waals surface area contributed by atoms with Gasteiger partial charge in [0.1, 0.15) is 0 Å². The summed E-state index contributed by atoms with van der Waals surface area (Å²) < 4.78 is 0. The van der Waals surface area contributed by atoms with Crippen molar-refractivity contribution in [2.24, 2.45) is 5.41 Å². The Morgan fingerprint density at radius 3 is 2.36 bits per heavy atom. The van der Waals surface area contributed by atoms with Crippen LogP contribution in [0.2, 0.25) is 0 Å². The van der Waals surface area contributed by atoms with Gasteiger partial charge < -0.3 is 5.11 Å². The summed E-state index contributed by atoms with van der Waals surface area (Å²) in [6, 6.07) is 0. The Labute approximate surface area is 69.8 Å². The molecule has 0 heterocycles. The first-order valence-corrected chi connectivity index (χ1v) is 4.87. The van der Waals surface area contributed by atoms with E-state index in [9.17, 15) is 0 Å². The normalized spacial score (nSPS) is 24.3. The highest BCUT2D eigenvalue weighted by molar-refractivity contribution is 4.86. The molecule has 0 saturated heterocycles. The summed E-state index contributed by atoms with van der Waals surface area (Å²) in [6.45, 7) is 4.17. The first-order valence-electron chi connectivity index (χ1n) is 4.87. The third-order valence-corrected chi connectivity index (χ3v) is 3.26. The second kappa shape index (κ2) is 3.57. The third kappa shape index (κ3) is 2.19. The molecule has 1 aliphatic carbocycles. The number of aliphatic hydroxyl groups is 1. The van der Waals surface area contributed by atoms with Crippen LogP contribution in [-0.4, -0.2) is 11.2 Å². The zero-order valence-electron chi connectivity index (χ0n) is 7.77. The first-order chi connectivity index (χ1) is 5.18. The minimum absolute atomic E-state index is 0.0981. The van der Waals surface area contributed by atoms with Gasteiger partial charge in [0.25, 0.3) is 0 Å². The largest absolute Gasteiger partial charge is 0.393 e. The molecule has 0 radical (unpaired) electrons. The molecule has 1 atom stereocenters. The van der Waals surface area contributed by atoms with E-state index in [1.807, 2.05) is 6.92 Å². The van der Waals surface area contributed by atoms with Crippen LogP contribution in [0.5, 0.6) is 0 Å². The maximum Gasteiger partial charge on any atom is 0.0512 e. The molecule has 0 unspecified atom stereocenters. The number of rotatable bonds is 4. The Morgan fingerprint density at radius 1 is 1.45 bits per heavy atom. The van der Waals surface area contributed by atoms with E-state index in [4.69, 9.17) is 5.11 Å². The Bertz CT molecular complexity index is 109. The van der Waals surface area contributed by atoms with Crippen LogP contribution in [0, 0.1) is 5.41 Å². The minimum Gasteiger partial charge on any atom is -0.393 e. The zero-order valence-corrected chi connectivity index (χ0v) is 7.77. The van der Waals surface area contributed by atoms with Crippen molar-refractivity contribution in [2.75, 3.05) is 0 Å². The van der Waals surface area contributed by atoms with E-state index in [1.54, 1.807) is 0 Å². The summed E-state index contributed by atoms with van der Waals surface area (Å²) in [6.07, 6.45) is 7.65. The van der Waals surface area contributed by atoms with E-state index in [0.29, 0.717) is 5.41 Å². The molecule has 11 heavy (non-hydrogen) atoms. The van der Waals surface area contributed by atoms with Gasteiger partial charge in [-0.2, -0.15) is 0 Å². The zero-order chi connectivity index (χ0) is 8.32. The van der Waals surface area contributed by atoms with Crippen molar-refractivity contribution >= 4 is 0 Å². The van der Waals surface area contributed by atoms with Crippen molar-refractivity contribution in [3.63, 3.8) is 0 Å². The number of hydrogen-bond acceptors (Lipinski definition) is 1. The van der Waals surface area contributed by atoms with Gasteiger partial charge in [-0.1, -0.05) is 19.8 Å². The van der Waals surface area contributed by atoms with Crippen molar-refractivity contribution in [1.82, 2.24) is 0 Å². The highest BCUT2D eigenvalue weighted by Gasteiger charge is 2.34. The molecule has 1 aliphatic rings. The van der Waals surface area contributed by atoms with Gasteiger partial charge in [0.2, 0.25) is 0 Å². The monoisotopic (exact) mass is 156 g/mol. The molecule has 66 valence electrons. The summed E-state index contributed by atoms with van der Waals surface area (Å²) in [4.78, 5) is 0. The highest BCUT2D eigenvalue weighted by Crippen LogP contribution is 2.47. The second-order valence-electron chi connectivity index (χ2n) is 4.09. The highest BCUT2D eigenvalue weighted by atomic mass is 16.3. The average Bonchev–Trinajstić information content (AvgIpc) is 1.86. The summed E-state index contributed by atoms with van der Waals surface area (Å²) in [5.41, 5.74) is 0.636. The van der Waals surface area contributed by atoms with Crippen molar-refractivity contribution in [3.8, 4) is 0 Å². The second-order valence-corrected chi connectivity index (χ2v) is 4.09. The van der Waals surface area contributed by atoms with Crippen molar-refractivity contribution < 1.29 is 5.11 Å². The lowest BCUT2D eigenvalue weighted by molar-refractivity contribution is 0.0812. The van der Waals surface area contributed by atoms with Gasteiger partial charge in [0, 0.05) is 0 Å². The molecule has 1 heteroatoms. The maximum atomic E-state index is 9.13. The Hall–Kier alpha value is -0.0400. The van der Waals surface area contributed by atoms with Crippen LogP contribution < -0.4 is 0 Å². The molecule has 0 aromatic carbocycles. The molecule has 0 spiro atoms. The van der Waals surface area contributed by atoms with Crippen LogP contribution in [-0.2, 0) is 0 Å². The van der Waals surface area contributed by atoms with Gasteiger partial charge in [0.05, 0.1) is 6.10 Å². The number of hydrogen-bond donors (Lipinski definition) is 1. The van der Waals surface area contributed by atoms with E-state index in [2.05, 4.69) is 6.92 Å². The molecule has 0 aromatic rings. The standard InChI is InChI=1S/C10H20O/c1-3-10(6-4-7-10)8-5-9(2)11/h9,11H,3-8H2,1-2H3/t9-/m0/s1. The summed E-state index contributed by atoms with van der Waals surface area (Å²) >= 11 is 0. The Kier molecular flexibility index (Phi) is 2.94. The lowest BCUT2D eigenvalue weighted by Crippen LogP contribution is -2.29. The fourth-order valence-electron chi connectivity index (χ4n) is 1.97. The van der Waals surface area contributed by atoms with Crippen LogP contribution in [0.1, 0.15) is 52.4 Å². The number of aliphatic hydroxyl groups excluding tert-OH is 1. The van der Waals surface area contributed by atoms with Gasteiger partial charge >= 0.3 is 0 Å². The maximum absolute atomic E-state index is 9.13. The van der Waals surface area contributed by atoms with Crippen molar-refractivity contribution in [3.05, 3.63) is 0 Å². The molecule has 1 nitrogen and oxygen atoms in total. The third-order valence-electron chi connectivity index (χ3n) is 3.26. The fourth-order valence-corrected chi connectivity index (χ4v) is 1.97. The lowest BCUT2D eigenvalue weighted by Gasteiger charge is -2.41. The van der Waals surface area contributed by atoms with Crippen LogP contribution in [0.4, 0.5) is 0 Å². The first kappa shape index (κ1) is 9.05. The average molecular weight is 156 g/mol. The minimum atomic E-state index is -0.0981. The van der Waals surface area contributed by atoms with Gasteiger partial charge in [0.15, 0.2) is 0 Å². The molecule has 0 aromatic heterocycles. The van der Waals surface area contributed by atoms with E-state index < -0.39 is 0 Å². The van der Waals surface area contributed by atoms with Gasteiger partial charge in [-0.05, 0) is 38.0 Å². The molecule has 1 saturated carbocycles. The van der Waals surface area contributed by atoms with Crippen molar-refractivity contribution in [2.45, 2.75) is 58.5 Å². The summed E-state index contributed by atoms with van der Waals surface area (Å²) in [5, 5.41) is 9.13. The van der Waals surface area contributed by atoms with Gasteiger partial charge in [-0.25, -0.2) is 0 Å². The van der Waals surface area contributed by atoms with Gasteiger partial charge in [-0.15, -0.1) is 0 Å². The Balaban J connectivity index is 2.22.